The molecule has 0 bridgehead atoms. The van der Waals surface area contributed by atoms with Gasteiger partial charge in [-0.05, 0) is 30.5 Å². The first kappa shape index (κ1) is 18.4. The molecule has 1 unspecified atom stereocenters. The van der Waals surface area contributed by atoms with E-state index < -0.39 is 6.10 Å². The third-order valence-corrected chi connectivity index (χ3v) is 5.37. The molecule has 3 aromatic rings. The number of benzene rings is 1. The van der Waals surface area contributed by atoms with Gasteiger partial charge in [-0.25, -0.2) is 4.98 Å². The van der Waals surface area contributed by atoms with Gasteiger partial charge in [-0.2, -0.15) is 0 Å². The van der Waals surface area contributed by atoms with Crippen LogP contribution in [-0.2, 0) is 6.54 Å². The predicted molar refractivity (Wildman–Crippen MR) is 109 cm³/mol. The minimum absolute atomic E-state index is 0.0643. The topological polar surface area (TPSA) is 71.2 Å². The zero-order valence-corrected chi connectivity index (χ0v) is 15.9. The SMILES string of the molecule is CCC1CCn2c(nc(-c3ccncc3)cc2=O)N1C[C@H](O)c1ccccc1. The van der Waals surface area contributed by atoms with Crippen molar-refractivity contribution in [3.63, 3.8) is 0 Å². The highest BCUT2D eigenvalue weighted by molar-refractivity contribution is 5.59. The molecule has 2 aromatic heterocycles. The summed E-state index contributed by atoms with van der Waals surface area (Å²) in [7, 11) is 0. The number of β-amino-alcohol motifs (C(OH)–C–C–N with tert-alkyl or cyclic N) is 1. The van der Waals surface area contributed by atoms with E-state index in [4.69, 9.17) is 4.98 Å². The van der Waals surface area contributed by atoms with E-state index in [-0.39, 0.29) is 11.6 Å². The van der Waals surface area contributed by atoms with Crippen molar-refractivity contribution in [1.82, 2.24) is 14.5 Å². The molecule has 1 aliphatic heterocycles. The van der Waals surface area contributed by atoms with Crippen LogP contribution in [0, 0.1) is 0 Å². The molecule has 4 rings (SSSR count). The summed E-state index contributed by atoms with van der Waals surface area (Å²) in [4.78, 5) is 23.7. The lowest BCUT2D eigenvalue weighted by Gasteiger charge is -2.39. The second-order valence-corrected chi connectivity index (χ2v) is 7.10. The smallest absolute Gasteiger partial charge is 0.255 e. The Labute approximate surface area is 164 Å². The van der Waals surface area contributed by atoms with E-state index in [0.29, 0.717) is 24.7 Å². The Kier molecular flexibility index (Phi) is 5.21. The summed E-state index contributed by atoms with van der Waals surface area (Å²) in [6.45, 7) is 3.18. The van der Waals surface area contributed by atoms with Crippen LogP contribution in [0.1, 0.15) is 31.4 Å². The average Bonchev–Trinajstić information content (AvgIpc) is 2.75. The summed E-state index contributed by atoms with van der Waals surface area (Å²) in [5, 5.41) is 10.8. The van der Waals surface area contributed by atoms with Crippen LogP contribution in [0.15, 0.2) is 65.7 Å². The Morgan fingerprint density at radius 1 is 1.18 bits per heavy atom. The molecular weight excluding hydrogens is 352 g/mol. The molecule has 144 valence electrons. The zero-order chi connectivity index (χ0) is 19.5. The van der Waals surface area contributed by atoms with Crippen molar-refractivity contribution in [3.05, 3.63) is 76.8 Å². The van der Waals surface area contributed by atoms with Crippen LogP contribution in [0.3, 0.4) is 0 Å². The number of hydrogen-bond acceptors (Lipinski definition) is 5. The van der Waals surface area contributed by atoms with Gasteiger partial charge in [0.1, 0.15) is 0 Å². The summed E-state index contributed by atoms with van der Waals surface area (Å²) in [5.41, 5.74) is 2.29. The van der Waals surface area contributed by atoms with Gasteiger partial charge in [-0.3, -0.25) is 14.3 Å². The molecular formula is C22H24N4O2. The maximum Gasteiger partial charge on any atom is 0.255 e. The fourth-order valence-corrected chi connectivity index (χ4v) is 3.81. The number of anilines is 1. The number of fused-ring (bicyclic) bond motifs is 1. The first-order chi connectivity index (χ1) is 13.7. The quantitative estimate of drug-likeness (QED) is 0.741. The van der Waals surface area contributed by atoms with Crippen LogP contribution in [0.5, 0.6) is 0 Å². The Balaban J connectivity index is 1.74. The Morgan fingerprint density at radius 3 is 2.64 bits per heavy atom. The molecule has 0 aliphatic carbocycles. The van der Waals surface area contributed by atoms with Crippen LogP contribution in [0.2, 0.25) is 0 Å². The Hall–Kier alpha value is -2.99. The minimum Gasteiger partial charge on any atom is -0.387 e. The molecule has 6 nitrogen and oxygen atoms in total. The number of aliphatic hydroxyl groups is 1. The lowest BCUT2D eigenvalue weighted by Crippen LogP contribution is -2.47. The number of nitrogens with zero attached hydrogens (tertiary/aromatic N) is 4. The van der Waals surface area contributed by atoms with Gasteiger partial charge in [0.25, 0.3) is 5.56 Å². The number of aliphatic hydroxyl groups excluding tert-OH is 1. The Morgan fingerprint density at radius 2 is 1.93 bits per heavy atom. The molecule has 1 N–H and O–H groups in total. The van der Waals surface area contributed by atoms with E-state index in [1.54, 1.807) is 23.0 Å². The highest BCUT2D eigenvalue weighted by atomic mass is 16.3. The van der Waals surface area contributed by atoms with Crippen LogP contribution >= 0.6 is 0 Å². The van der Waals surface area contributed by atoms with Gasteiger partial charge in [-0.1, -0.05) is 37.3 Å². The van der Waals surface area contributed by atoms with E-state index in [0.717, 1.165) is 24.0 Å². The van der Waals surface area contributed by atoms with Crippen LogP contribution in [0.25, 0.3) is 11.3 Å². The lowest BCUT2D eigenvalue weighted by molar-refractivity contribution is 0.176. The number of rotatable bonds is 5. The molecule has 3 heterocycles. The van der Waals surface area contributed by atoms with Gasteiger partial charge in [-0.15, -0.1) is 0 Å². The van der Waals surface area contributed by atoms with E-state index in [1.807, 2.05) is 42.5 Å². The number of hydrogen-bond donors (Lipinski definition) is 1. The van der Waals surface area contributed by atoms with Crippen molar-refractivity contribution in [1.29, 1.82) is 0 Å². The van der Waals surface area contributed by atoms with Crippen molar-refractivity contribution in [2.24, 2.45) is 0 Å². The highest BCUT2D eigenvalue weighted by Gasteiger charge is 2.29. The van der Waals surface area contributed by atoms with E-state index in [9.17, 15) is 9.90 Å². The highest BCUT2D eigenvalue weighted by Crippen LogP contribution is 2.28. The molecule has 2 atom stereocenters. The summed E-state index contributed by atoms with van der Waals surface area (Å²) >= 11 is 0. The standard InChI is InChI=1S/C22H24N4O2/c1-2-18-10-13-25-21(28)14-19(16-8-11-23-12-9-16)24-22(25)26(18)15-20(27)17-6-4-3-5-7-17/h3-9,11-12,14,18,20,27H,2,10,13,15H2,1H3/t18?,20-/m0/s1. The lowest BCUT2D eigenvalue weighted by atomic mass is 10.0. The average molecular weight is 376 g/mol. The van der Waals surface area contributed by atoms with Crippen molar-refractivity contribution in [3.8, 4) is 11.3 Å². The van der Waals surface area contributed by atoms with Gasteiger partial charge >= 0.3 is 0 Å². The number of pyridine rings is 1. The molecule has 1 aromatic carbocycles. The van der Waals surface area contributed by atoms with E-state index in [1.165, 1.54) is 0 Å². The molecule has 0 amide bonds. The van der Waals surface area contributed by atoms with Crippen molar-refractivity contribution in [2.45, 2.75) is 38.5 Å². The third kappa shape index (κ3) is 3.55. The first-order valence-electron chi connectivity index (χ1n) is 9.69. The summed E-state index contributed by atoms with van der Waals surface area (Å²) in [6, 6.07) is 15.1. The molecule has 6 heteroatoms. The summed E-state index contributed by atoms with van der Waals surface area (Å²) < 4.78 is 1.72. The zero-order valence-electron chi connectivity index (χ0n) is 15.9. The van der Waals surface area contributed by atoms with E-state index >= 15 is 0 Å². The van der Waals surface area contributed by atoms with Crippen LogP contribution < -0.4 is 10.5 Å². The van der Waals surface area contributed by atoms with Crippen molar-refractivity contribution in [2.75, 3.05) is 11.4 Å². The van der Waals surface area contributed by atoms with Crippen molar-refractivity contribution >= 4 is 5.95 Å². The van der Waals surface area contributed by atoms with Gasteiger partial charge in [0.15, 0.2) is 0 Å². The molecule has 0 saturated carbocycles. The second-order valence-electron chi connectivity index (χ2n) is 7.10. The van der Waals surface area contributed by atoms with Gasteiger partial charge in [0.2, 0.25) is 5.95 Å². The third-order valence-electron chi connectivity index (χ3n) is 5.37. The molecule has 28 heavy (non-hydrogen) atoms. The van der Waals surface area contributed by atoms with Crippen LogP contribution in [0.4, 0.5) is 5.95 Å². The first-order valence-corrected chi connectivity index (χ1v) is 9.69. The maximum atomic E-state index is 12.8. The van der Waals surface area contributed by atoms with E-state index in [2.05, 4.69) is 16.8 Å². The minimum atomic E-state index is -0.650. The second kappa shape index (κ2) is 7.94. The molecule has 0 spiro atoms. The number of aromatic nitrogens is 3. The normalized spacial score (nSPS) is 17.2. The fraction of sp³-hybridized carbons (Fsp3) is 0.318. The molecule has 1 aliphatic rings. The molecule has 0 radical (unpaired) electrons. The van der Waals surface area contributed by atoms with Gasteiger partial charge < -0.3 is 10.0 Å². The summed E-state index contributed by atoms with van der Waals surface area (Å²) in [5.74, 6) is 0.632. The largest absolute Gasteiger partial charge is 0.387 e. The predicted octanol–water partition coefficient (Wildman–Crippen LogP) is 3.03. The van der Waals surface area contributed by atoms with Crippen molar-refractivity contribution < 1.29 is 5.11 Å². The van der Waals surface area contributed by atoms with Gasteiger partial charge in [0, 0.05) is 36.6 Å². The molecule has 0 saturated heterocycles. The van der Waals surface area contributed by atoms with Crippen LogP contribution in [-0.4, -0.2) is 32.2 Å². The monoisotopic (exact) mass is 376 g/mol. The fourth-order valence-electron chi connectivity index (χ4n) is 3.81. The Bertz CT molecular complexity index is 988. The summed E-state index contributed by atoms with van der Waals surface area (Å²) in [6.07, 6.45) is 4.53. The maximum absolute atomic E-state index is 12.8. The van der Waals surface area contributed by atoms with Gasteiger partial charge in [0.05, 0.1) is 18.3 Å². The molecule has 0 fully saturated rings.